The van der Waals surface area contributed by atoms with Crippen molar-refractivity contribution < 1.29 is 4.79 Å². The summed E-state index contributed by atoms with van der Waals surface area (Å²) in [6.45, 7) is 0.728. The van der Waals surface area contributed by atoms with Crippen LogP contribution in [0.5, 0.6) is 0 Å². The molecule has 0 atom stereocenters. The molecule has 3 heteroatoms. The molecule has 0 aliphatic heterocycles. The number of hydrogen-bond acceptors (Lipinski definition) is 2. The Bertz CT molecular complexity index is 510. The summed E-state index contributed by atoms with van der Waals surface area (Å²) in [6, 6.07) is 14.0. The average Bonchev–Trinajstić information content (AvgIpc) is 2.35. The van der Waals surface area contributed by atoms with Gasteiger partial charge in [0.05, 0.1) is 0 Å². The monoisotopic (exact) mass is 249 g/mol. The minimum atomic E-state index is 0. The van der Waals surface area contributed by atoms with Crippen molar-refractivity contribution in [1.82, 2.24) is 5.32 Å². The number of carbonyl (C=O) groups excluding carboxylic acids is 1. The zero-order valence-corrected chi connectivity index (χ0v) is 10.6. The van der Waals surface area contributed by atoms with Crippen molar-refractivity contribution in [2.75, 3.05) is 13.6 Å². The molecule has 0 spiro atoms. The summed E-state index contributed by atoms with van der Waals surface area (Å²) in [5.74, 6) is 0.195. The smallest absolute Gasteiger partial charge is 0.164 e. The maximum absolute atomic E-state index is 11.8. The first-order valence-electron chi connectivity index (χ1n) is 5.48. The van der Waals surface area contributed by atoms with Crippen molar-refractivity contribution >= 4 is 29.0 Å². The number of fused-ring (bicyclic) bond motifs is 1. The Labute approximate surface area is 107 Å². The zero-order valence-electron chi connectivity index (χ0n) is 9.77. The minimum absolute atomic E-state index is 0. The highest BCUT2D eigenvalue weighted by atomic mass is 35.5. The fourth-order valence-electron chi connectivity index (χ4n) is 1.75. The lowest BCUT2D eigenvalue weighted by Gasteiger charge is -2.03. The van der Waals surface area contributed by atoms with Crippen LogP contribution in [0.25, 0.3) is 10.8 Å². The van der Waals surface area contributed by atoms with Gasteiger partial charge in [-0.25, -0.2) is 0 Å². The largest absolute Gasteiger partial charge is 0.319 e. The van der Waals surface area contributed by atoms with Crippen LogP contribution in [0.2, 0.25) is 0 Å². The van der Waals surface area contributed by atoms with Crippen molar-refractivity contribution in [2.24, 2.45) is 0 Å². The molecule has 0 aliphatic carbocycles. The van der Waals surface area contributed by atoms with E-state index in [2.05, 4.69) is 11.4 Å². The lowest BCUT2D eigenvalue weighted by atomic mass is 10.0. The number of nitrogens with one attached hydrogen (secondary N) is 1. The Kier molecular flexibility index (Phi) is 5.13. The summed E-state index contributed by atoms with van der Waals surface area (Å²) in [5, 5.41) is 5.28. The molecule has 0 heterocycles. The van der Waals surface area contributed by atoms with Gasteiger partial charge in [0.1, 0.15) is 0 Å². The summed E-state index contributed by atoms with van der Waals surface area (Å²) in [5.41, 5.74) is 0.800. The second kappa shape index (κ2) is 6.38. The van der Waals surface area contributed by atoms with Gasteiger partial charge in [-0.2, -0.15) is 0 Å². The molecule has 2 nitrogen and oxygen atoms in total. The molecule has 17 heavy (non-hydrogen) atoms. The minimum Gasteiger partial charge on any atom is -0.319 e. The Balaban J connectivity index is 0.00000144. The quantitative estimate of drug-likeness (QED) is 0.844. The van der Waals surface area contributed by atoms with E-state index >= 15 is 0 Å². The zero-order chi connectivity index (χ0) is 11.4. The number of halogens is 1. The predicted octanol–water partition coefficient (Wildman–Crippen LogP) is 3.05. The van der Waals surface area contributed by atoms with Crippen LogP contribution in [0.15, 0.2) is 42.5 Å². The van der Waals surface area contributed by atoms with Crippen LogP contribution in [0, 0.1) is 0 Å². The Morgan fingerprint density at radius 2 is 1.82 bits per heavy atom. The third-order valence-electron chi connectivity index (χ3n) is 2.67. The molecule has 0 saturated carbocycles. The first-order chi connectivity index (χ1) is 7.81. The van der Waals surface area contributed by atoms with E-state index in [1.54, 1.807) is 0 Å². The summed E-state index contributed by atoms with van der Waals surface area (Å²) in [4.78, 5) is 11.8. The molecule has 0 aromatic heterocycles. The van der Waals surface area contributed by atoms with E-state index in [-0.39, 0.29) is 18.2 Å². The van der Waals surface area contributed by atoms with Crippen LogP contribution in [-0.4, -0.2) is 19.4 Å². The molecular formula is C14H16ClNO. The van der Waals surface area contributed by atoms with E-state index in [1.165, 1.54) is 5.39 Å². The van der Waals surface area contributed by atoms with Gasteiger partial charge in [-0.15, -0.1) is 12.4 Å². The second-order valence-electron chi connectivity index (χ2n) is 3.84. The van der Waals surface area contributed by atoms with E-state index in [0.29, 0.717) is 6.42 Å². The van der Waals surface area contributed by atoms with Crippen molar-refractivity contribution in [3.63, 3.8) is 0 Å². The summed E-state index contributed by atoms with van der Waals surface area (Å²) in [7, 11) is 1.85. The normalized spacial score (nSPS) is 9.94. The van der Waals surface area contributed by atoms with Crippen LogP contribution in [0.1, 0.15) is 16.8 Å². The van der Waals surface area contributed by atoms with E-state index in [9.17, 15) is 4.79 Å². The Morgan fingerprint density at radius 1 is 1.12 bits per heavy atom. The molecule has 2 aromatic carbocycles. The fraction of sp³-hybridized carbons (Fsp3) is 0.214. The molecule has 0 aliphatic rings. The topological polar surface area (TPSA) is 29.1 Å². The molecule has 0 unspecified atom stereocenters. The summed E-state index contributed by atoms with van der Waals surface area (Å²) in [6.07, 6.45) is 0.550. The highest BCUT2D eigenvalue weighted by Crippen LogP contribution is 2.16. The van der Waals surface area contributed by atoms with Gasteiger partial charge >= 0.3 is 0 Å². The standard InChI is InChI=1S/C14H15NO.ClH/c1-15-9-8-14(16)13-7-6-11-4-2-3-5-12(11)10-13;/h2-7,10,15H,8-9H2,1H3;1H. The molecule has 0 saturated heterocycles. The average molecular weight is 250 g/mol. The molecule has 2 aromatic rings. The number of benzene rings is 2. The molecular weight excluding hydrogens is 234 g/mol. The van der Waals surface area contributed by atoms with Crippen LogP contribution < -0.4 is 5.32 Å². The van der Waals surface area contributed by atoms with E-state index in [4.69, 9.17) is 0 Å². The SMILES string of the molecule is CNCCC(=O)c1ccc2ccccc2c1.Cl. The molecule has 0 amide bonds. The summed E-state index contributed by atoms with van der Waals surface area (Å²) < 4.78 is 0. The Morgan fingerprint density at radius 3 is 2.53 bits per heavy atom. The van der Waals surface area contributed by atoms with Crippen molar-refractivity contribution in [1.29, 1.82) is 0 Å². The predicted molar refractivity (Wildman–Crippen MR) is 74.1 cm³/mol. The maximum Gasteiger partial charge on any atom is 0.164 e. The van der Waals surface area contributed by atoms with Gasteiger partial charge in [-0.05, 0) is 23.9 Å². The molecule has 0 fully saturated rings. The van der Waals surface area contributed by atoms with Gasteiger partial charge in [0.25, 0.3) is 0 Å². The molecule has 90 valence electrons. The van der Waals surface area contributed by atoms with Gasteiger partial charge in [0.2, 0.25) is 0 Å². The van der Waals surface area contributed by atoms with Gasteiger partial charge < -0.3 is 5.32 Å². The summed E-state index contributed by atoms with van der Waals surface area (Å²) >= 11 is 0. The molecule has 1 N–H and O–H groups in total. The van der Waals surface area contributed by atoms with E-state index in [1.807, 2.05) is 43.4 Å². The first kappa shape index (κ1) is 13.7. The van der Waals surface area contributed by atoms with Crippen molar-refractivity contribution in [3.05, 3.63) is 48.0 Å². The number of hydrogen-bond donors (Lipinski definition) is 1. The number of carbonyl (C=O) groups is 1. The lowest BCUT2D eigenvalue weighted by Crippen LogP contribution is -2.12. The number of Topliss-reactive ketones (excluding diaryl/α,β-unsaturated/α-hetero) is 1. The van der Waals surface area contributed by atoms with Gasteiger partial charge in [-0.3, -0.25) is 4.79 Å². The third kappa shape index (κ3) is 3.29. The highest BCUT2D eigenvalue weighted by Gasteiger charge is 2.05. The number of ketones is 1. The molecule has 2 rings (SSSR count). The van der Waals surface area contributed by atoms with Crippen LogP contribution >= 0.6 is 12.4 Å². The van der Waals surface area contributed by atoms with Gasteiger partial charge in [-0.1, -0.05) is 36.4 Å². The highest BCUT2D eigenvalue weighted by molar-refractivity contribution is 6.00. The third-order valence-corrected chi connectivity index (χ3v) is 2.67. The van der Waals surface area contributed by atoms with E-state index < -0.39 is 0 Å². The van der Waals surface area contributed by atoms with Crippen LogP contribution in [0.4, 0.5) is 0 Å². The van der Waals surface area contributed by atoms with Gasteiger partial charge in [0, 0.05) is 18.5 Å². The second-order valence-corrected chi connectivity index (χ2v) is 3.84. The fourth-order valence-corrected chi connectivity index (χ4v) is 1.75. The number of rotatable bonds is 4. The van der Waals surface area contributed by atoms with Gasteiger partial charge in [0.15, 0.2) is 5.78 Å². The molecule has 0 bridgehead atoms. The molecule has 0 radical (unpaired) electrons. The Hall–Kier alpha value is -1.38. The van der Waals surface area contributed by atoms with Crippen molar-refractivity contribution in [2.45, 2.75) is 6.42 Å². The first-order valence-corrected chi connectivity index (χ1v) is 5.48. The van der Waals surface area contributed by atoms with Crippen molar-refractivity contribution in [3.8, 4) is 0 Å². The van der Waals surface area contributed by atoms with Crippen LogP contribution in [-0.2, 0) is 0 Å². The maximum atomic E-state index is 11.8. The van der Waals surface area contributed by atoms with E-state index in [0.717, 1.165) is 17.5 Å². The van der Waals surface area contributed by atoms with Crippen LogP contribution in [0.3, 0.4) is 0 Å². The lowest BCUT2D eigenvalue weighted by molar-refractivity contribution is 0.0983.